The molecule has 0 spiro atoms. The summed E-state index contributed by atoms with van der Waals surface area (Å²) in [6.45, 7) is 0.563. The van der Waals surface area contributed by atoms with Crippen LogP contribution >= 0.6 is 0 Å². The van der Waals surface area contributed by atoms with Gasteiger partial charge in [-0.15, -0.1) is 0 Å². The van der Waals surface area contributed by atoms with Crippen molar-refractivity contribution < 1.29 is 14.3 Å². The lowest BCUT2D eigenvalue weighted by atomic mass is 10.00. The molecule has 1 amide bonds. The zero-order valence-electron chi connectivity index (χ0n) is 17.7. The van der Waals surface area contributed by atoms with Crippen LogP contribution in [0.5, 0.6) is 11.5 Å². The first kappa shape index (κ1) is 19.9. The Hall–Kier alpha value is -4.06. The molecule has 1 aliphatic rings. The van der Waals surface area contributed by atoms with Gasteiger partial charge in [0.1, 0.15) is 17.2 Å². The summed E-state index contributed by atoms with van der Waals surface area (Å²) in [7, 11) is 1.62. The lowest BCUT2D eigenvalue weighted by Gasteiger charge is -2.26. The highest BCUT2D eigenvalue weighted by molar-refractivity contribution is 6.00. The molecule has 2 heterocycles. The number of benzene rings is 3. The van der Waals surface area contributed by atoms with Gasteiger partial charge in [-0.05, 0) is 30.3 Å². The zero-order chi connectivity index (χ0) is 21.9. The third kappa shape index (κ3) is 3.83. The van der Waals surface area contributed by atoms with Gasteiger partial charge in [-0.25, -0.2) is 4.68 Å². The molecule has 0 saturated carbocycles. The third-order valence-electron chi connectivity index (χ3n) is 5.59. The van der Waals surface area contributed by atoms with Crippen LogP contribution in [0.3, 0.4) is 0 Å². The minimum atomic E-state index is -0.174. The maximum atomic E-state index is 13.5. The van der Waals surface area contributed by atoms with Crippen molar-refractivity contribution in [2.75, 3.05) is 13.7 Å². The van der Waals surface area contributed by atoms with Crippen molar-refractivity contribution in [3.63, 3.8) is 0 Å². The second-order valence-electron chi connectivity index (χ2n) is 7.60. The fourth-order valence-corrected chi connectivity index (χ4v) is 3.96. The molecule has 0 fully saturated rings. The highest BCUT2D eigenvalue weighted by Gasteiger charge is 2.26. The van der Waals surface area contributed by atoms with Gasteiger partial charge in [0.15, 0.2) is 0 Å². The second-order valence-corrected chi connectivity index (χ2v) is 7.60. The molecule has 6 heteroatoms. The van der Waals surface area contributed by atoms with Gasteiger partial charge in [-0.3, -0.25) is 4.79 Å². The number of aromatic nitrogens is 2. The summed E-state index contributed by atoms with van der Waals surface area (Å²) in [5, 5.41) is 7.95. The predicted molar refractivity (Wildman–Crippen MR) is 122 cm³/mol. The van der Waals surface area contributed by atoms with Gasteiger partial charge >= 0.3 is 0 Å². The maximum Gasteiger partial charge on any atom is 0.255 e. The zero-order valence-corrected chi connectivity index (χ0v) is 17.7. The van der Waals surface area contributed by atoms with Crippen molar-refractivity contribution in [3.05, 3.63) is 96.2 Å². The minimum absolute atomic E-state index is 0.120. The Morgan fingerprint density at radius 3 is 2.72 bits per heavy atom. The predicted octanol–water partition coefficient (Wildman–Crippen LogP) is 4.80. The van der Waals surface area contributed by atoms with Crippen molar-refractivity contribution in [1.29, 1.82) is 0 Å². The van der Waals surface area contributed by atoms with Gasteiger partial charge in [0.2, 0.25) is 0 Å². The average Bonchev–Trinajstić information content (AvgIpc) is 3.31. The summed E-state index contributed by atoms with van der Waals surface area (Å²) in [6.07, 6.45) is 2.49. The molecule has 0 radical (unpaired) electrons. The lowest BCUT2D eigenvalue weighted by molar-refractivity contribution is 0.0925. The van der Waals surface area contributed by atoms with Crippen LogP contribution in [0.2, 0.25) is 0 Å². The number of amides is 1. The van der Waals surface area contributed by atoms with E-state index in [4.69, 9.17) is 14.6 Å². The molecule has 1 N–H and O–H groups in total. The average molecular weight is 425 g/mol. The molecular formula is C26H23N3O3. The number of fused-ring (bicyclic) bond motifs is 1. The Balaban J connectivity index is 1.53. The summed E-state index contributed by atoms with van der Waals surface area (Å²) >= 11 is 0. The van der Waals surface area contributed by atoms with Crippen LogP contribution in [-0.4, -0.2) is 29.4 Å². The number of methoxy groups -OCH3 is 1. The lowest BCUT2D eigenvalue weighted by Crippen LogP contribution is -2.32. The molecule has 0 saturated heterocycles. The fourth-order valence-electron chi connectivity index (χ4n) is 3.96. The van der Waals surface area contributed by atoms with Gasteiger partial charge in [-0.2, -0.15) is 5.10 Å². The summed E-state index contributed by atoms with van der Waals surface area (Å²) in [5.74, 6) is 1.35. The molecule has 0 aliphatic carbocycles. The van der Waals surface area contributed by atoms with Gasteiger partial charge in [-0.1, -0.05) is 48.5 Å². The molecule has 1 atom stereocenters. The number of carbonyl (C=O) groups excluding carboxylic acids is 1. The number of carbonyl (C=O) groups is 1. The number of ether oxygens (including phenoxy) is 2. The Morgan fingerprint density at radius 2 is 1.88 bits per heavy atom. The monoisotopic (exact) mass is 425 g/mol. The molecule has 32 heavy (non-hydrogen) atoms. The quantitative estimate of drug-likeness (QED) is 0.499. The van der Waals surface area contributed by atoms with E-state index in [-0.39, 0.29) is 11.9 Å². The Bertz CT molecular complexity index is 1250. The van der Waals surface area contributed by atoms with E-state index in [1.54, 1.807) is 18.0 Å². The summed E-state index contributed by atoms with van der Waals surface area (Å²) in [5.41, 5.74) is 3.80. The van der Waals surface area contributed by atoms with E-state index in [0.717, 1.165) is 22.6 Å². The maximum absolute atomic E-state index is 13.5. The minimum Gasteiger partial charge on any atom is -0.497 e. The van der Waals surface area contributed by atoms with Gasteiger partial charge in [0.25, 0.3) is 5.91 Å². The normalized spacial score (nSPS) is 14.8. The van der Waals surface area contributed by atoms with E-state index in [9.17, 15) is 4.79 Å². The van der Waals surface area contributed by atoms with Crippen molar-refractivity contribution in [2.45, 2.75) is 12.5 Å². The summed E-state index contributed by atoms with van der Waals surface area (Å²) < 4.78 is 12.9. The summed E-state index contributed by atoms with van der Waals surface area (Å²) in [4.78, 5) is 13.5. The van der Waals surface area contributed by atoms with Crippen LogP contribution in [0.25, 0.3) is 16.9 Å². The standard InChI is InChI=1S/C26H23N3O3/c1-31-20-11-7-8-18(16-20)25-22(17-29(28-25)19-9-3-2-4-10-19)26(30)27-23-14-15-32-24-13-6-5-12-21(23)24/h2-13,16-17,23H,14-15H2,1H3,(H,27,30)/t23-/m1/s1. The number of para-hydroxylation sites is 2. The number of nitrogens with one attached hydrogen (secondary N) is 1. The van der Waals surface area contributed by atoms with Gasteiger partial charge < -0.3 is 14.8 Å². The van der Waals surface area contributed by atoms with Crippen LogP contribution in [0.15, 0.2) is 85.1 Å². The van der Waals surface area contributed by atoms with E-state index in [2.05, 4.69) is 5.32 Å². The van der Waals surface area contributed by atoms with Crippen molar-refractivity contribution >= 4 is 5.91 Å². The first-order valence-electron chi connectivity index (χ1n) is 10.5. The first-order valence-corrected chi connectivity index (χ1v) is 10.5. The van der Waals surface area contributed by atoms with Crippen LogP contribution < -0.4 is 14.8 Å². The second kappa shape index (κ2) is 8.59. The Labute approximate surface area is 186 Å². The van der Waals surface area contributed by atoms with E-state index >= 15 is 0 Å². The van der Waals surface area contributed by atoms with E-state index in [1.807, 2.05) is 78.9 Å². The molecule has 0 unspecified atom stereocenters. The number of nitrogens with zero attached hydrogens (tertiary/aromatic N) is 2. The number of hydrogen-bond acceptors (Lipinski definition) is 4. The molecule has 4 aromatic rings. The van der Waals surface area contributed by atoms with Crippen LogP contribution in [-0.2, 0) is 0 Å². The largest absolute Gasteiger partial charge is 0.497 e. The smallest absolute Gasteiger partial charge is 0.255 e. The highest BCUT2D eigenvalue weighted by Crippen LogP contribution is 2.33. The van der Waals surface area contributed by atoms with Crippen molar-refractivity contribution in [1.82, 2.24) is 15.1 Å². The molecule has 1 aromatic heterocycles. The molecular weight excluding hydrogens is 402 g/mol. The Kier molecular flexibility index (Phi) is 5.34. The van der Waals surface area contributed by atoms with Crippen LogP contribution in [0.1, 0.15) is 28.4 Å². The number of hydrogen-bond donors (Lipinski definition) is 1. The molecule has 3 aromatic carbocycles. The molecule has 5 rings (SSSR count). The summed E-state index contributed by atoms with van der Waals surface area (Å²) in [6, 6.07) is 25.0. The molecule has 1 aliphatic heterocycles. The molecule has 6 nitrogen and oxygen atoms in total. The van der Waals surface area contributed by atoms with Crippen LogP contribution in [0.4, 0.5) is 0 Å². The SMILES string of the molecule is COc1cccc(-c2nn(-c3ccccc3)cc2C(=O)N[C@@H]2CCOc3ccccc32)c1. The van der Waals surface area contributed by atoms with Crippen molar-refractivity contribution in [3.8, 4) is 28.4 Å². The number of rotatable bonds is 5. The molecule has 0 bridgehead atoms. The van der Waals surface area contributed by atoms with Crippen molar-refractivity contribution in [2.24, 2.45) is 0 Å². The van der Waals surface area contributed by atoms with Crippen LogP contribution in [0, 0.1) is 0 Å². The first-order chi connectivity index (χ1) is 15.7. The topological polar surface area (TPSA) is 65.4 Å². The Morgan fingerprint density at radius 1 is 1.06 bits per heavy atom. The van der Waals surface area contributed by atoms with E-state index in [0.29, 0.717) is 30.0 Å². The van der Waals surface area contributed by atoms with E-state index < -0.39 is 0 Å². The van der Waals surface area contributed by atoms with E-state index in [1.165, 1.54) is 0 Å². The third-order valence-corrected chi connectivity index (χ3v) is 5.59. The molecule has 160 valence electrons. The highest BCUT2D eigenvalue weighted by atomic mass is 16.5. The van der Waals surface area contributed by atoms with Gasteiger partial charge in [0, 0.05) is 23.7 Å². The van der Waals surface area contributed by atoms with Gasteiger partial charge in [0.05, 0.1) is 31.0 Å². The fraction of sp³-hybridized carbons (Fsp3) is 0.154.